The van der Waals surface area contributed by atoms with Crippen LogP contribution < -0.4 is 0 Å². The van der Waals surface area contributed by atoms with E-state index in [1.165, 1.54) is 12.1 Å². The molecule has 1 aliphatic rings. The summed E-state index contributed by atoms with van der Waals surface area (Å²) < 4.78 is 15.0. The van der Waals surface area contributed by atoms with Crippen molar-refractivity contribution >= 4 is 5.97 Å². The van der Waals surface area contributed by atoms with E-state index in [0.717, 1.165) is 23.5 Å². The van der Waals surface area contributed by atoms with Crippen LogP contribution in [0.1, 0.15) is 24.7 Å². The summed E-state index contributed by atoms with van der Waals surface area (Å²) in [6, 6.07) is 5.82. The zero-order valence-corrected chi connectivity index (χ0v) is 12.4. The van der Waals surface area contributed by atoms with Crippen molar-refractivity contribution in [3.05, 3.63) is 47.8 Å². The van der Waals surface area contributed by atoms with E-state index >= 15 is 0 Å². The first-order valence-electron chi connectivity index (χ1n) is 7.38. The highest BCUT2D eigenvalue weighted by Crippen LogP contribution is 2.23. The lowest BCUT2D eigenvalue weighted by molar-refractivity contribution is -0.143. The largest absolute Gasteiger partial charge is 0.480 e. The Morgan fingerprint density at radius 3 is 2.77 bits per heavy atom. The van der Waals surface area contributed by atoms with Crippen molar-refractivity contribution in [3.63, 3.8) is 0 Å². The Kier molecular flexibility index (Phi) is 3.94. The minimum Gasteiger partial charge on any atom is -0.480 e. The van der Waals surface area contributed by atoms with E-state index in [1.807, 2.05) is 16.4 Å². The Morgan fingerprint density at radius 2 is 2.14 bits per heavy atom. The van der Waals surface area contributed by atoms with Gasteiger partial charge in [-0.2, -0.15) is 0 Å². The van der Waals surface area contributed by atoms with Gasteiger partial charge in [0.25, 0.3) is 0 Å². The molecule has 0 fully saturated rings. The Hall–Kier alpha value is -2.21. The molecule has 0 saturated carbocycles. The zero-order valence-electron chi connectivity index (χ0n) is 12.4. The predicted molar refractivity (Wildman–Crippen MR) is 79.4 cm³/mol. The molecule has 3 rings (SSSR count). The summed E-state index contributed by atoms with van der Waals surface area (Å²) in [5.41, 5.74) is 2.84. The van der Waals surface area contributed by atoms with E-state index in [-0.39, 0.29) is 5.82 Å². The maximum atomic E-state index is 13.0. The molecular weight excluding hydrogens is 285 g/mol. The molecule has 0 bridgehead atoms. The van der Waals surface area contributed by atoms with Crippen LogP contribution in [0, 0.1) is 5.82 Å². The van der Waals surface area contributed by atoms with Gasteiger partial charge in [-0.1, -0.05) is 6.92 Å². The molecule has 0 saturated heterocycles. The molecule has 0 spiro atoms. The third-order valence-electron chi connectivity index (χ3n) is 4.16. The van der Waals surface area contributed by atoms with Crippen LogP contribution in [0.5, 0.6) is 0 Å². The summed E-state index contributed by atoms with van der Waals surface area (Å²) in [5, 5.41) is 9.28. The standard InChI is InChI=1S/C16H18FN3O2/c1-2-14(16(21)22)19-8-7-15-13(9-19)18-10-20(15)12-5-3-11(17)4-6-12/h3-6,10,14H,2,7-9H2,1H3,(H,21,22). The number of benzene rings is 1. The number of aliphatic carboxylic acids is 1. The van der Waals surface area contributed by atoms with Crippen LogP contribution >= 0.6 is 0 Å². The number of rotatable bonds is 4. The Balaban J connectivity index is 1.86. The second-order valence-corrected chi connectivity index (χ2v) is 5.47. The fraction of sp³-hybridized carbons (Fsp3) is 0.375. The quantitative estimate of drug-likeness (QED) is 0.941. The van der Waals surface area contributed by atoms with Crippen LogP contribution in [0.25, 0.3) is 5.69 Å². The molecule has 1 aliphatic heterocycles. The molecule has 0 aliphatic carbocycles. The molecule has 22 heavy (non-hydrogen) atoms. The van der Waals surface area contributed by atoms with Crippen molar-refractivity contribution in [2.45, 2.75) is 32.4 Å². The van der Waals surface area contributed by atoms with Crippen LogP contribution in [-0.2, 0) is 17.8 Å². The molecule has 2 heterocycles. The summed E-state index contributed by atoms with van der Waals surface area (Å²) in [4.78, 5) is 17.7. The third kappa shape index (κ3) is 2.62. The van der Waals surface area contributed by atoms with Crippen LogP contribution in [0.3, 0.4) is 0 Å². The summed E-state index contributed by atoms with van der Waals surface area (Å²) >= 11 is 0. The molecule has 2 aromatic rings. The number of imidazole rings is 1. The van der Waals surface area contributed by atoms with Gasteiger partial charge in [0, 0.05) is 30.9 Å². The SMILES string of the molecule is CCC(C(=O)O)N1CCc2c(ncn2-c2ccc(F)cc2)C1. The first-order valence-corrected chi connectivity index (χ1v) is 7.38. The second-order valence-electron chi connectivity index (χ2n) is 5.47. The molecule has 6 heteroatoms. The molecule has 1 unspecified atom stereocenters. The van der Waals surface area contributed by atoms with E-state index in [1.54, 1.807) is 18.5 Å². The topological polar surface area (TPSA) is 58.4 Å². The molecule has 116 valence electrons. The molecule has 0 radical (unpaired) electrons. The van der Waals surface area contributed by atoms with Crippen molar-refractivity contribution in [3.8, 4) is 5.69 Å². The highest BCUT2D eigenvalue weighted by molar-refractivity contribution is 5.73. The molecule has 1 N–H and O–H groups in total. The average molecular weight is 303 g/mol. The molecular formula is C16H18FN3O2. The predicted octanol–water partition coefficient (Wildman–Crippen LogP) is 2.23. The first kappa shape index (κ1) is 14.7. The van der Waals surface area contributed by atoms with Crippen LogP contribution in [0.2, 0.25) is 0 Å². The van der Waals surface area contributed by atoms with Gasteiger partial charge in [-0.25, -0.2) is 9.37 Å². The van der Waals surface area contributed by atoms with Gasteiger partial charge in [0.15, 0.2) is 0 Å². The van der Waals surface area contributed by atoms with E-state index < -0.39 is 12.0 Å². The van der Waals surface area contributed by atoms with E-state index in [9.17, 15) is 14.3 Å². The third-order valence-corrected chi connectivity index (χ3v) is 4.16. The van der Waals surface area contributed by atoms with E-state index in [2.05, 4.69) is 4.98 Å². The maximum absolute atomic E-state index is 13.0. The Morgan fingerprint density at radius 1 is 1.41 bits per heavy atom. The average Bonchev–Trinajstić information content (AvgIpc) is 2.91. The van der Waals surface area contributed by atoms with Crippen molar-refractivity contribution in [1.29, 1.82) is 0 Å². The van der Waals surface area contributed by atoms with Gasteiger partial charge in [-0.3, -0.25) is 9.69 Å². The lowest BCUT2D eigenvalue weighted by Gasteiger charge is -2.31. The number of nitrogens with zero attached hydrogens (tertiary/aromatic N) is 3. The number of carbonyl (C=O) groups is 1. The van der Waals surface area contributed by atoms with Crippen LogP contribution in [-0.4, -0.2) is 38.1 Å². The molecule has 1 aromatic heterocycles. The molecule has 1 aromatic carbocycles. The van der Waals surface area contributed by atoms with Gasteiger partial charge in [-0.05, 0) is 30.7 Å². The molecule has 5 nitrogen and oxygen atoms in total. The number of halogens is 1. The van der Waals surface area contributed by atoms with Crippen LogP contribution in [0.15, 0.2) is 30.6 Å². The van der Waals surface area contributed by atoms with Gasteiger partial charge < -0.3 is 9.67 Å². The van der Waals surface area contributed by atoms with Gasteiger partial charge in [0.2, 0.25) is 0 Å². The Bertz CT molecular complexity index is 681. The number of hydrogen-bond donors (Lipinski definition) is 1. The van der Waals surface area contributed by atoms with Gasteiger partial charge in [0.1, 0.15) is 11.9 Å². The Labute approximate surface area is 128 Å². The first-order chi connectivity index (χ1) is 10.6. The highest BCUT2D eigenvalue weighted by atomic mass is 19.1. The van der Waals surface area contributed by atoms with Crippen LogP contribution in [0.4, 0.5) is 4.39 Å². The second kappa shape index (κ2) is 5.88. The lowest BCUT2D eigenvalue weighted by atomic mass is 10.1. The summed E-state index contributed by atoms with van der Waals surface area (Å²) in [6.07, 6.45) is 3.03. The van der Waals surface area contributed by atoms with E-state index in [4.69, 9.17) is 0 Å². The van der Waals surface area contributed by atoms with Crippen molar-refractivity contribution in [2.24, 2.45) is 0 Å². The normalized spacial score (nSPS) is 16.3. The number of aromatic nitrogens is 2. The lowest BCUT2D eigenvalue weighted by Crippen LogP contribution is -2.43. The summed E-state index contributed by atoms with van der Waals surface area (Å²) in [5.74, 6) is -1.06. The zero-order chi connectivity index (χ0) is 15.7. The number of fused-ring (bicyclic) bond motifs is 1. The van der Waals surface area contributed by atoms with Gasteiger partial charge in [-0.15, -0.1) is 0 Å². The number of carboxylic acid groups (broad SMARTS) is 1. The molecule has 1 atom stereocenters. The fourth-order valence-corrected chi connectivity index (χ4v) is 3.01. The molecule has 0 amide bonds. The minimum absolute atomic E-state index is 0.267. The summed E-state index contributed by atoms with van der Waals surface area (Å²) in [6.45, 7) is 3.10. The van der Waals surface area contributed by atoms with Crippen molar-refractivity contribution in [1.82, 2.24) is 14.5 Å². The fourth-order valence-electron chi connectivity index (χ4n) is 3.01. The van der Waals surface area contributed by atoms with Crippen molar-refractivity contribution < 1.29 is 14.3 Å². The van der Waals surface area contributed by atoms with Gasteiger partial charge >= 0.3 is 5.97 Å². The maximum Gasteiger partial charge on any atom is 0.320 e. The highest BCUT2D eigenvalue weighted by Gasteiger charge is 2.29. The van der Waals surface area contributed by atoms with Gasteiger partial charge in [0.05, 0.1) is 12.0 Å². The number of hydrogen-bond acceptors (Lipinski definition) is 3. The minimum atomic E-state index is -0.788. The smallest absolute Gasteiger partial charge is 0.320 e. The summed E-state index contributed by atoms with van der Waals surface area (Å²) in [7, 11) is 0. The van der Waals surface area contributed by atoms with Crippen molar-refractivity contribution in [2.75, 3.05) is 6.54 Å². The van der Waals surface area contributed by atoms with E-state index in [0.29, 0.717) is 19.5 Å². The number of carboxylic acids is 1. The monoisotopic (exact) mass is 303 g/mol.